The van der Waals surface area contributed by atoms with Gasteiger partial charge in [-0.3, -0.25) is 9.19 Å². The average molecular weight is 392 g/mol. The molecule has 3 heterocycles. The Hall–Kier alpha value is -2.80. The van der Waals surface area contributed by atoms with E-state index in [0.717, 1.165) is 34.1 Å². The second-order valence-electron chi connectivity index (χ2n) is 7.35. The Kier molecular flexibility index (Phi) is 3.94. The smallest absolute Gasteiger partial charge is 0.229 e. The van der Waals surface area contributed by atoms with Crippen LogP contribution in [0.25, 0.3) is 11.3 Å². The zero-order valence-corrected chi connectivity index (χ0v) is 16.6. The quantitative estimate of drug-likeness (QED) is 0.677. The van der Waals surface area contributed by atoms with Gasteiger partial charge in [-0.05, 0) is 36.6 Å². The summed E-state index contributed by atoms with van der Waals surface area (Å²) in [4.78, 5) is 16.6. The molecule has 28 heavy (non-hydrogen) atoms. The van der Waals surface area contributed by atoms with Crippen LogP contribution < -0.4 is 9.64 Å². The molecular weight excluding hydrogens is 372 g/mol. The van der Waals surface area contributed by atoms with Gasteiger partial charge in [-0.1, -0.05) is 6.07 Å². The van der Waals surface area contributed by atoms with E-state index in [1.165, 1.54) is 18.4 Å². The van der Waals surface area contributed by atoms with E-state index in [-0.39, 0.29) is 5.41 Å². The highest BCUT2D eigenvalue weighted by molar-refractivity contribution is 7.84. The van der Waals surface area contributed by atoms with Crippen molar-refractivity contribution in [3.8, 4) is 17.0 Å². The maximum atomic E-state index is 12.0. The van der Waals surface area contributed by atoms with Gasteiger partial charge in [0.25, 0.3) is 0 Å². The van der Waals surface area contributed by atoms with Gasteiger partial charge in [0, 0.05) is 69.8 Å². The lowest BCUT2D eigenvalue weighted by Crippen LogP contribution is -2.21. The predicted molar refractivity (Wildman–Crippen MR) is 109 cm³/mol. The minimum atomic E-state index is -1.02. The maximum absolute atomic E-state index is 12.0. The molecule has 142 valence electrons. The summed E-state index contributed by atoms with van der Waals surface area (Å²) in [6.45, 7) is 0.874. The first-order valence-electron chi connectivity index (χ1n) is 9.18. The fourth-order valence-electron chi connectivity index (χ4n) is 3.88. The highest BCUT2D eigenvalue weighted by atomic mass is 32.2. The topological polar surface area (TPSA) is 68.2 Å². The number of hydrogen-bond acceptors (Lipinski definition) is 6. The molecule has 0 bridgehead atoms. The molecule has 6 nitrogen and oxygen atoms in total. The van der Waals surface area contributed by atoms with Gasteiger partial charge in [0.05, 0.1) is 12.8 Å². The van der Waals surface area contributed by atoms with Gasteiger partial charge in [-0.2, -0.15) is 0 Å². The summed E-state index contributed by atoms with van der Waals surface area (Å²) in [6, 6.07) is 9.82. The zero-order valence-electron chi connectivity index (χ0n) is 15.8. The fraction of sp³-hybridized carbons (Fsp3) is 0.286. The van der Waals surface area contributed by atoms with Crippen LogP contribution in [0.15, 0.2) is 53.8 Å². The highest BCUT2D eigenvalue weighted by Gasteiger charge is 2.52. The Balaban J connectivity index is 1.51. The monoisotopic (exact) mass is 392 g/mol. The van der Waals surface area contributed by atoms with Gasteiger partial charge >= 0.3 is 0 Å². The van der Waals surface area contributed by atoms with Gasteiger partial charge in [-0.15, -0.1) is 0 Å². The fourth-order valence-corrected chi connectivity index (χ4v) is 4.42. The average Bonchev–Trinajstić information content (AvgIpc) is 3.45. The SMILES string of the molecule is COc1ccnc(-c2cnc(N3CC4(CC4)c4ccc(S(C)=O)cc43)nc2)c1. The largest absolute Gasteiger partial charge is 0.497 e. The summed E-state index contributed by atoms with van der Waals surface area (Å²) in [6.07, 6.45) is 9.36. The number of ether oxygens (including phenoxy) is 1. The van der Waals surface area contributed by atoms with Gasteiger partial charge in [0.1, 0.15) is 5.75 Å². The van der Waals surface area contributed by atoms with Gasteiger partial charge in [-0.25, -0.2) is 9.97 Å². The van der Waals surface area contributed by atoms with E-state index >= 15 is 0 Å². The Bertz CT molecular complexity index is 1080. The molecule has 1 aliphatic heterocycles. The summed E-state index contributed by atoms with van der Waals surface area (Å²) in [5.41, 5.74) is 4.22. The lowest BCUT2D eigenvalue weighted by molar-refractivity contribution is 0.414. The molecule has 1 fully saturated rings. The third kappa shape index (κ3) is 2.77. The zero-order chi connectivity index (χ0) is 19.3. The van der Waals surface area contributed by atoms with Crippen LogP contribution in [0, 0.1) is 0 Å². The van der Waals surface area contributed by atoms with Crippen molar-refractivity contribution < 1.29 is 8.95 Å². The number of benzene rings is 1. The molecule has 1 saturated carbocycles. The molecule has 2 aliphatic rings. The normalized spacial score (nSPS) is 17.4. The summed E-state index contributed by atoms with van der Waals surface area (Å²) < 4.78 is 17.2. The van der Waals surface area contributed by atoms with E-state index in [2.05, 4.69) is 25.9 Å². The van der Waals surface area contributed by atoms with Crippen LogP contribution in [0.1, 0.15) is 18.4 Å². The minimum absolute atomic E-state index is 0.208. The molecule has 7 heteroatoms. The van der Waals surface area contributed by atoms with Gasteiger partial charge in [0.2, 0.25) is 5.95 Å². The van der Waals surface area contributed by atoms with Crippen molar-refractivity contribution in [2.75, 3.05) is 24.8 Å². The van der Waals surface area contributed by atoms with Gasteiger partial charge < -0.3 is 9.64 Å². The number of anilines is 2. The molecule has 3 aromatic rings. The third-order valence-corrected chi connectivity index (χ3v) is 6.54. The second kappa shape index (κ2) is 6.38. The molecule has 1 aliphatic carbocycles. The van der Waals surface area contributed by atoms with Crippen LogP contribution in [-0.2, 0) is 16.2 Å². The van der Waals surface area contributed by atoms with E-state index in [9.17, 15) is 4.21 Å². The van der Waals surface area contributed by atoms with Crippen molar-refractivity contribution in [2.24, 2.45) is 0 Å². The lowest BCUT2D eigenvalue weighted by Gasteiger charge is -2.18. The summed E-state index contributed by atoms with van der Waals surface area (Å²) >= 11 is 0. The van der Waals surface area contributed by atoms with Crippen molar-refractivity contribution in [2.45, 2.75) is 23.2 Å². The van der Waals surface area contributed by atoms with Crippen molar-refractivity contribution in [1.82, 2.24) is 15.0 Å². The van der Waals surface area contributed by atoms with Crippen LogP contribution in [0.2, 0.25) is 0 Å². The Morgan fingerprint density at radius 2 is 1.89 bits per heavy atom. The molecule has 0 radical (unpaired) electrons. The van der Waals surface area contributed by atoms with E-state index in [1.54, 1.807) is 32.0 Å². The summed E-state index contributed by atoms with van der Waals surface area (Å²) in [5, 5.41) is 0. The van der Waals surface area contributed by atoms with Crippen LogP contribution in [-0.4, -0.2) is 39.1 Å². The molecule has 1 spiro atoms. The maximum Gasteiger partial charge on any atom is 0.229 e. The Morgan fingerprint density at radius 1 is 1.11 bits per heavy atom. The standard InChI is InChI=1S/C21H20N4O2S/c1-27-15-5-8-22-18(9-15)14-11-23-20(24-12-14)25-13-21(6-7-21)17-4-3-16(28(2)26)10-19(17)25/h3-5,8-12H,6-7,13H2,1-2H3. The van der Waals surface area contributed by atoms with E-state index in [0.29, 0.717) is 5.95 Å². The molecule has 1 aromatic carbocycles. The molecule has 1 unspecified atom stereocenters. The summed E-state index contributed by atoms with van der Waals surface area (Å²) in [5.74, 6) is 1.41. The molecule has 1 atom stereocenters. The second-order valence-corrected chi connectivity index (χ2v) is 8.73. The first kappa shape index (κ1) is 17.3. The molecular formula is C21H20N4O2S. The van der Waals surface area contributed by atoms with E-state index in [4.69, 9.17) is 4.74 Å². The number of methoxy groups -OCH3 is 1. The van der Waals surface area contributed by atoms with Crippen LogP contribution in [0.5, 0.6) is 5.75 Å². The van der Waals surface area contributed by atoms with E-state index in [1.807, 2.05) is 24.3 Å². The van der Waals surface area contributed by atoms with Crippen molar-refractivity contribution in [1.29, 1.82) is 0 Å². The number of fused-ring (bicyclic) bond motifs is 2. The van der Waals surface area contributed by atoms with Crippen molar-refractivity contribution in [3.05, 3.63) is 54.5 Å². The van der Waals surface area contributed by atoms with Crippen molar-refractivity contribution >= 4 is 22.4 Å². The Labute approximate surface area is 166 Å². The molecule has 0 saturated heterocycles. The molecule has 2 aromatic heterocycles. The first-order valence-corrected chi connectivity index (χ1v) is 10.7. The first-order chi connectivity index (χ1) is 13.6. The van der Waals surface area contributed by atoms with Crippen LogP contribution >= 0.6 is 0 Å². The summed E-state index contributed by atoms with van der Waals surface area (Å²) in [7, 11) is 0.617. The number of aromatic nitrogens is 3. The van der Waals surface area contributed by atoms with Crippen LogP contribution in [0.3, 0.4) is 0 Å². The lowest BCUT2D eigenvalue weighted by atomic mass is 9.99. The predicted octanol–water partition coefficient (Wildman–Crippen LogP) is 3.47. The Morgan fingerprint density at radius 3 is 2.57 bits per heavy atom. The number of rotatable bonds is 4. The number of pyridine rings is 1. The molecule has 0 amide bonds. The minimum Gasteiger partial charge on any atom is -0.497 e. The molecule has 5 rings (SSSR count). The molecule has 0 N–H and O–H groups in total. The highest BCUT2D eigenvalue weighted by Crippen LogP contribution is 2.57. The third-order valence-electron chi connectivity index (χ3n) is 5.62. The van der Waals surface area contributed by atoms with Gasteiger partial charge in [0.15, 0.2) is 0 Å². The van der Waals surface area contributed by atoms with Crippen LogP contribution in [0.4, 0.5) is 11.6 Å². The van der Waals surface area contributed by atoms with E-state index < -0.39 is 10.8 Å². The number of hydrogen-bond donors (Lipinski definition) is 0. The number of nitrogens with zero attached hydrogens (tertiary/aromatic N) is 4. The van der Waals surface area contributed by atoms with Crippen molar-refractivity contribution in [3.63, 3.8) is 0 Å².